The first-order chi connectivity index (χ1) is 9.20. The van der Waals surface area contributed by atoms with Crippen LogP contribution in [0.4, 0.5) is 4.79 Å². The minimum absolute atomic E-state index is 0.151. The Bertz CT molecular complexity index is 446. The van der Waals surface area contributed by atoms with Gasteiger partial charge in [-0.05, 0) is 18.9 Å². The van der Waals surface area contributed by atoms with Crippen molar-refractivity contribution in [1.82, 2.24) is 5.32 Å². The van der Waals surface area contributed by atoms with Crippen LogP contribution in [0.15, 0.2) is 30.3 Å². The van der Waals surface area contributed by atoms with E-state index in [2.05, 4.69) is 5.32 Å². The molecule has 0 saturated heterocycles. The minimum atomic E-state index is -0.499. The molecule has 0 heterocycles. The first-order valence-electron chi connectivity index (χ1n) is 6.34. The largest absolute Gasteiger partial charge is 0.466 e. The second-order valence-corrected chi connectivity index (χ2v) is 4.41. The molecule has 2 rings (SSSR count). The van der Waals surface area contributed by atoms with E-state index in [4.69, 9.17) is 9.47 Å². The zero-order valence-electron chi connectivity index (χ0n) is 10.8. The second-order valence-electron chi connectivity index (χ2n) is 4.41. The summed E-state index contributed by atoms with van der Waals surface area (Å²) in [6.45, 7) is 2.35. The highest BCUT2D eigenvalue weighted by Crippen LogP contribution is 2.31. The van der Waals surface area contributed by atoms with Gasteiger partial charge >= 0.3 is 12.1 Å². The van der Waals surface area contributed by atoms with E-state index in [1.54, 1.807) is 6.92 Å². The number of hydrogen-bond acceptors (Lipinski definition) is 4. The molecular formula is C14H17NO4. The zero-order valence-corrected chi connectivity index (χ0v) is 10.8. The monoisotopic (exact) mass is 263 g/mol. The summed E-state index contributed by atoms with van der Waals surface area (Å²) >= 11 is 0. The van der Waals surface area contributed by atoms with Crippen molar-refractivity contribution in [1.29, 1.82) is 0 Å². The van der Waals surface area contributed by atoms with Crippen LogP contribution >= 0.6 is 0 Å². The molecule has 19 heavy (non-hydrogen) atoms. The first kappa shape index (κ1) is 13.4. The minimum Gasteiger partial charge on any atom is -0.466 e. The highest BCUT2D eigenvalue weighted by Gasteiger charge is 2.45. The predicted molar refractivity (Wildman–Crippen MR) is 68.3 cm³/mol. The zero-order chi connectivity index (χ0) is 13.7. The summed E-state index contributed by atoms with van der Waals surface area (Å²) in [5, 5.41) is 2.65. The van der Waals surface area contributed by atoms with Gasteiger partial charge in [0, 0.05) is 6.04 Å². The molecule has 0 aromatic heterocycles. The van der Waals surface area contributed by atoms with Gasteiger partial charge < -0.3 is 14.8 Å². The van der Waals surface area contributed by atoms with E-state index in [9.17, 15) is 9.59 Å². The van der Waals surface area contributed by atoms with Crippen molar-refractivity contribution in [3.63, 3.8) is 0 Å². The Hall–Kier alpha value is -2.04. The first-order valence-corrected chi connectivity index (χ1v) is 6.34. The fourth-order valence-corrected chi connectivity index (χ4v) is 1.78. The normalized spacial score (nSPS) is 20.5. The molecule has 5 heteroatoms. The Morgan fingerprint density at radius 3 is 2.68 bits per heavy atom. The van der Waals surface area contributed by atoms with Gasteiger partial charge in [-0.3, -0.25) is 4.79 Å². The summed E-state index contributed by atoms with van der Waals surface area (Å²) in [6.07, 6.45) is 0.125. The predicted octanol–water partition coefficient (Wildman–Crippen LogP) is 1.86. The van der Waals surface area contributed by atoms with Crippen LogP contribution in [-0.2, 0) is 20.9 Å². The third-order valence-electron chi connectivity index (χ3n) is 2.90. The maximum atomic E-state index is 11.5. The molecule has 1 N–H and O–H groups in total. The van der Waals surface area contributed by atoms with Gasteiger partial charge in [-0.1, -0.05) is 30.3 Å². The van der Waals surface area contributed by atoms with Gasteiger partial charge in [0.1, 0.15) is 6.61 Å². The molecule has 0 aliphatic heterocycles. The van der Waals surface area contributed by atoms with Crippen LogP contribution in [-0.4, -0.2) is 24.7 Å². The molecule has 1 aliphatic carbocycles. The number of amides is 1. The fraction of sp³-hybridized carbons (Fsp3) is 0.429. The van der Waals surface area contributed by atoms with Crippen LogP contribution in [0.25, 0.3) is 0 Å². The molecule has 5 nitrogen and oxygen atoms in total. The number of carbonyl (C=O) groups is 2. The number of ether oxygens (including phenoxy) is 2. The molecule has 0 spiro atoms. The van der Waals surface area contributed by atoms with Crippen LogP contribution in [0.2, 0.25) is 0 Å². The molecule has 1 amide bonds. The highest BCUT2D eigenvalue weighted by atomic mass is 16.5. The highest BCUT2D eigenvalue weighted by molar-refractivity contribution is 5.78. The third-order valence-corrected chi connectivity index (χ3v) is 2.90. The summed E-state index contributed by atoms with van der Waals surface area (Å²) in [6, 6.07) is 9.28. The van der Waals surface area contributed by atoms with Gasteiger partial charge in [0.05, 0.1) is 12.5 Å². The molecule has 1 fully saturated rings. The molecule has 1 aromatic carbocycles. The molecule has 1 aromatic rings. The molecule has 0 bridgehead atoms. The standard InChI is InChI=1S/C14H17NO4/c1-2-18-13(16)11-8-12(11)15-14(17)19-9-10-6-4-3-5-7-10/h3-7,11-12H,2,8-9H2,1H3,(H,15,17). The molecule has 102 valence electrons. The van der Waals surface area contributed by atoms with Crippen LogP contribution in [0, 0.1) is 5.92 Å². The van der Waals surface area contributed by atoms with Crippen molar-refractivity contribution in [3.8, 4) is 0 Å². The Balaban J connectivity index is 1.68. The van der Waals surface area contributed by atoms with Gasteiger partial charge in [-0.2, -0.15) is 0 Å². The van der Waals surface area contributed by atoms with Crippen LogP contribution in [0.3, 0.4) is 0 Å². The Morgan fingerprint density at radius 1 is 1.26 bits per heavy atom. The van der Waals surface area contributed by atoms with Crippen molar-refractivity contribution in [3.05, 3.63) is 35.9 Å². The number of carbonyl (C=O) groups excluding carboxylic acids is 2. The van der Waals surface area contributed by atoms with Crippen LogP contribution in [0.5, 0.6) is 0 Å². The topological polar surface area (TPSA) is 64.6 Å². The van der Waals surface area contributed by atoms with E-state index in [1.807, 2.05) is 30.3 Å². The van der Waals surface area contributed by atoms with E-state index in [-0.39, 0.29) is 24.5 Å². The number of hydrogen-bond donors (Lipinski definition) is 1. The molecule has 1 aliphatic rings. The molecule has 2 unspecified atom stereocenters. The maximum Gasteiger partial charge on any atom is 0.407 e. The van der Waals surface area contributed by atoms with Gasteiger partial charge in [0.25, 0.3) is 0 Å². The third kappa shape index (κ3) is 3.98. The average molecular weight is 263 g/mol. The van der Waals surface area contributed by atoms with E-state index in [1.165, 1.54) is 0 Å². The lowest BCUT2D eigenvalue weighted by Crippen LogP contribution is -2.29. The van der Waals surface area contributed by atoms with E-state index in [0.717, 1.165) is 5.56 Å². The van der Waals surface area contributed by atoms with Crippen LogP contribution in [0.1, 0.15) is 18.9 Å². The van der Waals surface area contributed by atoms with Gasteiger partial charge in [-0.15, -0.1) is 0 Å². The van der Waals surface area contributed by atoms with Gasteiger partial charge in [0.15, 0.2) is 0 Å². The summed E-state index contributed by atoms with van der Waals surface area (Å²) in [5.74, 6) is -0.472. The van der Waals surface area contributed by atoms with E-state index < -0.39 is 6.09 Å². The van der Waals surface area contributed by atoms with Crippen molar-refractivity contribution in [2.45, 2.75) is 26.0 Å². The molecule has 2 atom stereocenters. The number of esters is 1. The lowest BCUT2D eigenvalue weighted by molar-refractivity contribution is -0.144. The van der Waals surface area contributed by atoms with Gasteiger partial charge in [-0.25, -0.2) is 4.79 Å². The number of nitrogens with one attached hydrogen (secondary N) is 1. The maximum absolute atomic E-state index is 11.5. The molecular weight excluding hydrogens is 246 g/mol. The van der Waals surface area contributed by atoms with Crippen molar-refractivity contribution >= 4 is 12.1 Å². The summed E-state index contributed by atoms with van der Waals surface area (Å²) in [5.41, 5.74) is 0.926. The lowest BCUT2D eigenvalue weighted by atomic mass is 10.2. The quantitative estimate of drug-likeness (QED) is 0.824. The number of benzene rings is 1. The Labute approximate surface area is 111 Å². The summed E-state index contributed by atoms with van der Waals surface area (Å²) < 4.78 is 9.94. The summed E-state index contributed by atoms with van der Waals surface area (Å²) in [7, 11) is 0. The van der Waals surface area contributed by atoms with Crippen molar-refractivity contribution in [2.24, 2.45) is 5.92 Å². The van der Waals surface area contributed by atoms with Crippen LogP contribution < -0.4 is 5.32 Å². The Morgan fingerprint density at radius 2 is 2.00 bits per heavy atom. The lowest BCUT2D eigenvalue weighted by Gasteiger charge is -2.06. The van der Waals surface area contributed by atoms with Crippen molar-refractivity contribution in [2.75, 3.05) is 6.61 Å². The SMILES string of the molecule is CCOC(=O)C1CC1NC(=O)OCc1ccccc1. The number of alkyl carbamates (subject to hydrolysis) is 1. The average Bonchev–Trinajstić information content (AvgIpc) is 3.17. The van der Waals surface area contributed by atoms with E-state index in [0.29, 0.717) is 13.0 Å². The summed E-state index contributed by atoms with van der Waals surface area (Å²) in [4.78, 5) is 22.9. The van der Waals surface area contributed by atoms with Crippen molar-refractivity contribution < 1.29 is 19.1 Å². The second kappa shape index (κ2) is 6.22. The van der Waals surface area contributed by atoms with E-state index >= 15 is 0 Å². The Kier molecular flexibility index (Phi) is 4.39. The van der Waals surface area contributed by atoms with Gasteiger partial charge in [0.2, 0.25) is 0 Å². The molecule has 0 radical (unpaired) electrons. The number of rotatable bonds is 5. The molecule has 1 saturated carbocycles. The smallest absolute Gasteiger partial charge is 0.407 e. The fourth-order valence-electron chi connectivity index (χ4n) is 1.78.